The van der Waals surface area contributed by atoms with Gasteiger partial charge in [0.1, 0.15) is 67.0 Å². The van der Waals surface area contributed by atoms with E-state index in [-0.39, 0.29) is 5.41 Å². The first-order valence-corrected chi connectivity index (χ1v) is 38.8. The Morgan fingerprint density at radius 1 is 0.193 bits per heavy atom. The molecule has 1 aliphatic rings. The zero-order valence-electron chi connectivity index (χ0n) is 61.9. The Hall–Kier alpha value is -15.1. The van der Waals surface area contributed by atoms with Crippen LogP contribution in [0.2, 0.25) is 0 Å². The van der Waals surface area contributed by atoms with Crippen molar-refractivity contribution in [2.24, 2.45) is 0 Å². The topological polar surface area (TPSA) is 91.9 Å². The molecule has 0 fully saturated rings. The van der Waals surface area contributed by atoms with Crippen molar-refractivity contribution < 1.29 is 26.5 Å². The fraction of sp³-hybridized carbons (Fsp3) is 0.0286. The third kappa shape index (κ3) is 9.35. The van der Waals surface area contributed by atoms with E-state index in [9.17, 15) is 0 Å². The fourth-order valence-corrected chi connectivity index (χ4v) is 18.8. The normalized spacial score (nSPS) is 12.9. The maximum Gasteiger partial charge on any atom is 0.147 e. The lowest BCUT2D eigenvalue weighted by molar-refractivity contribution is 0.632. The van der Waals surface area contributed by atoms with Gasteiger partial charge in [-0.3, -0.25) is 0 Å². The van der Waals surface area contributed by atoms with Gasteiger partial charge in [0, 0.05) is 59.3 Å². The number of aromatic nitrogens is 2. The second-order valence-electron chi connectivity index (χ2n) is 30.4. The molecule has 9 heteroatoms. The van der Waals surface area contributed by atoms with Crippen molar-refractivity contribution in [2.75, 3.05) is 4.90 Å². The standard InChI is InChI=1S/C42H25NO2.C33H23NO2.C30H17NO2/c1-3-10-26(11-4-1)28-18-21-34-32(24-28)33-25-29(27-12-5-2-6-13-27)19-22-35(33)43(34)36-15-9-17-38-40(36)41-39(44-38)23-20-31-30-14-7-8-16-37(30)45-42(31)41;1-33(2)22-11-4-6-13-24(22)34(25-14-7-5-12-23(25)33)26-15-9-17-28-30(26)31-29(35-28)19-18-21-20-10-3-8-16-27(20)36-32(21)31;1-4-11-22-18(8-1)19-9-2-5-12-23(19)31(22)24-13-7-15-26-28(24)29-27(32-26)17-16-21-20-10-3-6-14-25(20)33-30(21)29/h1-25H;3-19H,1-2H3;1-17H. The van der Waals surface area contributed by atoms with Crippen LogP contribution >= 0.6 is 0 Å². The van der Waals surface area contributed by atoms with Crippen molar-refractivity contribution in [3.05, 3.63) is 369 Å². The van der Waals surface area contributed by atoms with E-state index in [2.05, 4.69) is 343 Å². The maximum absolute atomic E-state index is 6.54. The monoisotopic (exact) mass is 1460 g/mol. The zero-order valence-corrected chi connectivity index (χ0v) is 61.9. The van der Waals surface area contributed by atoms with Crippen LogP contribution in [0.15, 0.2) is 384 Å². The van der Waals surface area contributed by atoms with E-state index in [1.807, 2.05) is 42.5 Å². The van der Waals surface area contributed by atoms with E-state index in [1.165, 1.54) is 77.3 Å². The molecule has 0 atom stereocenters. The number of rotatable bonds is 5. The lowest BCUT2D eigenvalue weighted by Gasteiger charge is -2.42. The van der Waals surface area contributed by atoms with Crippen LogP contribution in [0.5, 0.6) is 0 Å². The second-order valence-corrected chi connectivity index (χ2v) is 30.4. The van der Waals surface area contributed by atoms with Gasteiger partial charge in [0.05, 0.1) is 82.8 Å². The van der Waals surface area contributed by atoms with Gasteiger partial charge >= 0.3 is 0 Å². The Balaban J connectivity index is 0.000000100. The Morgan fingerprint density at radius 3 is 0.912 bits per heavy atom. The maximum atomic E-state index is 6.54. The van der Waals surface area contributed by atoms with E-state index >= 15 is 0 Å². The molecule has 114 heavy (non-hydrogen) atoms. The fourth-order valence-electron chi connectivity index (χ4n) is 18.8. The van der Waals surface area contributed by atoms with Crippen LogP contribution in [-0.2, 0) is 5.41 Å². The van der Waals surface area contributed by atoms with Crippen LogP contribution in [-0.4, -0.2) is 9.13 Å². The van der Waals surface area contributed by atoms with Gasteiger partial charge in [-0.2, -0.15) is 0 Å². The van der Waals surface area contributed by atoms with Crippen molar-refractivity contribution >= 4 is 192 Å². The van der Waals surface area contributed by atoms with Crippen LogP contribution < -0.4 is 4.90 Å². The summed E-state index contributed by atoms with van der Waals surface area (Å²) in [6, 6.07) is 126. The highest BCUT2D eigenvalue weighted by molar-refractivity contribution is 6.28. The summed E-state index contributed by atoms with van der Waals surface area (Å²) in [7, 11) is 0. The molecular formula is C105H65N3O6. The largest absolute Gasteiger partial charge is 0.456 e. The molecule has 0 unspecified atom stereocenters. The van der Waals surface area contributed by atoms with E-state index in [0.29, 0.717) is 0 Å². The van der Waals surface area contributed by atoms with E-state index in [0.717, 1.165) is 160 Å². The van der Waals surface area contributed by atoms with Gasteiger partial charge in [-0.1, -0.05) is 232 Å². The van der Waals surface area contributed by atoms with E-state index < -0.39 is 0 Å². The molecule has 0 saturated carbocycles. The van der Waals surface area contributed by atoms with Gasteiger partial charge in [-0.15, -0.1) is 0 Å². The quantitative estimate of drug-likeness (QED) is 0.169. The molecule has 0 spiro atoms. The summed E-state index contributed by atoms with van der Waals surface area (Å²) < 4.78 is 43.4. The number of furan rings is 6. The number of para-hydroxylation sites is 7. The van der Waals surface area contributed by atoms with Crippen LogP contribution in [0.25, 0.3) is 209 Å². The predicted octanol–water partition coefficient (Wildman–Crippen LogP) is 30.1. The molecule has 0 saturated heterocycles. The first kappa shape index (κ1) is 63.8. The van der Waals surface area contributed by atoms with Crippen LogP contribution in [0.3, 0.4) is 0 Å². The van der Waals surface area contributed by atoms with Crippen molar-refractivity contribution in [1.29, 1.82) is 0 Å². The molecule has 0 amide bonds. The first-order chi connectivity index (χ1) is 56.3. The number of fused-ring (bicyclic) bond motifs is 29. The molecule has 8 aromatic heterocycles. The molecule has 1 aliphatic heterocycles. The van der Waals surface area contributed by atoms with E-state index in [1.54, 1.807) is 0 Å². The Bertz CT molecular complexity index is 8100. The minimum Gasteiger partial charge on any atom is -0.456 e. The Morgan fingerprint density at radius 2 is 0.500 bits per heavy atom. The predicted molar refractivity (Wildman–Crippen MR) is 469 cm³/mol. The lowest BCUT2D eigenvalue weighted by Crippen LogP contribution is -2.30. The molecule has 0 bridgehead atoms. The summed E-state index contributed by atoms with van der Waals surface area (Å²) in [4.78, 5) is 2.40. The molecule has 26 rings (SSSR count). The van der Waals surface area contributed by atoms with Crippen LogP contribution in [0.1, 0.15) is 25.0 Å². The van der Waals surface area contributed by atoms with Gasteiger partial charge in [-0.25, -0.2) is 0 Å². The van der Waals surface area contributed by atoms with Gasteiger partial charge in [0.2, 0.25) is 0 Å². The molecule has 536 valence electrons. The van der Waals surface area contributed by atoms with Crippen LogP contribution in [0, 0.1) is 0 Å². The van der Waals surface area contributed by atoms with Crippen molar-refractivity contribution in [1.82, 2.24) is 9.13 Å². The number of anilines is 3. The molecule has 17 aromatic carbocycles. The van der Waals surface area contributed by atoms with Crippen LogP contribution in [0.4, 0.5) is 17.1 Å². The van der Waals surface area contributed by atoms with Gasteiger partial charge in [-0.05, 0) is 173 Å². The molecule has 25 aromatic rings. The molecule has 0 radical (unpaired) electrons. The van der Waals surface area contributed by atoms with Crippen molar-refractivity contribution in [2.45, 2.75) is 19.3 Å². The SMILES string of the molecule is CC1(C)c2ccccc2N(c2cccc3oc4ccc5c6ccccc6oc5c4c23)c2ccccc21.c1ccc(-c2ccc3c(c2)c2cc(-c4ccccc4)ccc2n3-c2cccc3oc4ccc5c6ccccc6oc5c4c23)cc1.c1ccc2c(c1)oc1c2ccc2oc3cccc(-n4c5ccccc5c5ccccc54)c3c21. The van der Waals surface area contributed by atoms with Gasteiger partial charge in [0.25, 0.3) is 0 Å². The minimum absolute atomic E-state index is 0.109. The number of nitrogens with zero attached hydrogens (tertiary/aromatic N) is 3. The molecule has 0 aliphatic carbocycles. The highest BCUT2D eigenvalue weighted by Gasteiger charge is 2.38. The summed E-state index contributed by atoms with van der Waals surface area (Å²) in [6.07, 6.45) is 0. The third-order valence-electron chi connectivity index (χ3n) is 23.9. The number of hydrogen-bond donors (Lipinski definition) is 0. The Labute approximate surface area is 650 Å². The summed E-state index contributed by atoms with van der Waals surface area (Å²) in [5.74, 6) is 0. The zero-order chi connectivity index (χ0) is 75.0. The van der Waals surface area contributed by atoms with Crippen molar-refractivity contribution in [3.63, 3.8) is 0 Å². The highest BCUT2D eigenvalue weighted by atomic mass is 16.4. The van der Waals surface area contributed by atoms with E-state index in [4.69, 9.17) is 26.5 Å². The average Bonchev–Trinajstić information content (AvgIpc) is 1.36. The smallest absolute Gasteiger partial charge is 0.147 e. The summed E-state index contributed by atoms with van der Waals surface area (Å²) in [5, 5.41) is 17.8. The third-order valence-corrected chi connectivity index (χ3v) is 23.9. The summed E-state index contributed by atoms with van der Waals surface area (Å²) in [6.45, 7) is 4.63. The van der Waals surface area contributed by atoms with Gasteiger partial charge < -0.3 is 40.5 Å². The highest BCUT2D eigenvalue weighted by Crippen LogP contribution is 2.55. The van der Waals surface area contributed by atoms with Crippen molar-refractivity contribution in [3.8, 4) is 33.6 Å². The number of benzene rings is 17. The molecule has 0 N–H and O–H groups in total. The average molecular weight is 1460 g/mol. The number of hydrogen-bond acceptors (Lipinski definition) is 7. The molecule has 9 nitrogen and oxygen atoms in total. The Kier molecular flexibility index (Phi) is 13.7. The first-order valence-electron chi connectivity index (χ1n) is 38.8. The summed E-state index contributed by atoms with van der Waals surface area (Å²) in [5.41, 5.74) is 27.9. The minimum atomic E-state index is -0.109. The summed E-state index contributed by atoms with van der Waals surface area (Å²) >= 11 is 0. The second kappa shape index (κ2) is 24.5. The lowest BCUT2D eigenvalue weighted by atomic mass is 9.73. The van der Waals surface area contributed by atoms with Gasteiger partial charge in [0.15, 0.2) is 0 Å². The molecular weight excluding hydrogens is 1400 g/mol. The molecule has 9 heterocycles.